The third-order valence-corrected chi connectivity index (χ3v) is 4.26. The Morgan fingerprint density at radius 2 is 2.14 bits per heavy atom. The van der Waals surface area contributed by atoms with E-state index >= 15 is 0 Å². The van der Waals surface area contributed by atoms with Gasteiger partial charge in [-0.15, -0.1) is 0 Å². The molecule has 2 heterocycles. The Balaban J connectivity index is 2.23. The number of thiocarbonyl (C=S) groups is 1. The summed E-state index contributed by atoms with van der Waals surface area (Å²) in [5.74, 6) is 0.867. The van der Waals surface area contributed by atoms with Gasteiger partial charge in [-0.25, -0.2) is 0 Å². The van der Waals surface area contributed by atoms with Gasteiger partial charge in [0.2, 0.25) is 0 Å². The number of hydrogen-bond donors (Lipinski definition) is 2. The predicted molar refractivity (Wildman–Crippen MR) is 91.3 cm³/mol. The summed E-state index contributed by atoms with van der Waals surface area (Å²) < 4.78 is 1.57. The van der Waals surface area contributed by atoms with E-state index in [0.717, 1.165) is 48.4 Å². The Kier molecular flexibility index (Phi) is 4.06. The number of nitrogens with one attached hydrogen (secondary N) is 1. The second kappa shape index (κ2) is 5.83. The van der Waals surface area contributed by atoms with Gasteiger partial charge in [0, 0.05) is 22.7 Å². The molecule has 0 unspecified atom stereocenters. The van der Waals surface area contributed by atoms with Crippen LogP contribution in [0.25, 0.3) is 11.3 Å². The quantitative estimate of drug-likeness (QED) is 0.777. The van der Waals surface area contributed by atoms with E-state index in [0.29, 0.717) is 10.0 Å². The van der Waals surface area contributed by atoms with E-state index in [2.05, 4.69) is 10.4 Å². The standard InChI is InChI=1S/C14H14Cl2N4S/c15-8-4-5-11(16)10(7-8)12-9-3-1-2-6-18-13(9)20(19-12)14(17)21/h4-5,7,18H,1-3,6H2,(H2,17,21). The van der Waals surface area contributed by atoms with Crippen molar-refractivity contribution < 1.29 is 0 Å². The Labute approximate surface area is 138 Å². The highest BCUT2D eigenvalue weighted by Crippen LogP contribution is 2.36. The van der Waals surface area contributed by atoms with Gasteiger partial charge < -0.3 is 11.1 Å². The van der Waals surface area contributed by atoms with Crippen LogP contribution >= 0.6 is 35.4 Å². The minimum Gasteiger partial charge on any atom is -0.374 e. The number of halogens is 2. The maximum Gasteiger partial charge on any atom is 0.193 e. The first-order valence-electron chi connectivity index (χ1n) is 6.69. The highest BCUT2D eigenvalue weighted by atomic mass is 35.5. The molecule has 4 nitrogen and oxygen atoms in total. The van der Waals surface area contributed by atoms with Crippen LogP contribution < -0.4 is 11.1 Å². The average molecular weight is 341 g/mol. The summed E-state index contributed by atoms with van der Waals surface area (Å²) in [6, 6.07) is 5.35. The van der Waals surface area contributed by atoms with Crippen LogP contribution in [-0.4, -0.2) is 21.4 Å². The molecule has 0 aliphatic carbocycles. The Morgan fingerprint density at radius 1 is 1.33 bits per heavy atom. The third-order valence-electron chi connectivity index (χ3n) is 3.52. The molecule has 7 heteroatoms. The van der Waals surface area contributed by atoms with Gasteiger partial charge in [0.25, 0.3) is 0 Å². The van der Waals surface area contributed by atoms with Gasteiger partial charge in [0.05, 0.1) is 10.7 Å². The molecule has 0 saturated heterocycles. The second-order valence-electron chi connectivity index (χ2n) is 4.93. The zero-order valence-electron chi connectivity index (χ0n) is 11.2. The van der Waals surface area contributed by atoms with E-state index in [-0.39, 0.29) is 5.11 Å². The highest BCUT2D eigenvalue weighted by Gasteiger charge is 2.23. The van der Waals surface area contributed by atoms with Crippen molar-refractivity contribution in [1.82, 2.24) is 9.78 Å². The van der Waals surface area contributed by atoms with Crippen LogP contribution in [0, 0.1) is 0 Å². The van der Waals surface area contributed by atoms with Crippen LogP contribution in [0.2, 0.25) is 10.0 Å². The van der Waals surface area contributed by atoms with Crippen molar-refractivity contribution >= 4 is 46.4 Å². The highest BCUT2D eigenvalue weighted by molar-refractivity contribution is 7.80. The van der Waals surface area contributed by atoms with Gasteiger partial charge >= 0.3 is 0 Å². The topological polar surface area (TPSA) is 55.9 Å². The molecule has 1 aromatic heterocycles. The van der Waals surface area contributed by atoms with Gasteiger partial charge in [0.15, 0.2) is 5.11 Å². The van der Waals surface area contributed by atoms with E-state index in [1.165, 1.54) is 0 Å². The van der Waals surface area contributed by atoms with Crippen molar-refractivity contribution in [3.8, 4) is 11.3 Å². The number of hydrogen-bond acceptors (Lipinski definition) is 3. The molecule has 21 heavy (non-hydrogen) atoms. The Hall–Kier alpha value is -1.30. The molecular formula is C14H14Cl2N4S. The molecule has 3 rings (SSSR count). The third kappa shape index (κ3) is 2.73. The van der Waals surface area contributed by atoms with E-state index in [1.54, 1.807) is 16.8 Å². The van der Waals surface area contributed by atoms with E-state index in [4.69, 9.17) is 41.2 Å². The van der Waals surface area contributed by atoms with Crippen LogP contribution in [-0.2, 0) is 6.42 Å². The fourth-order valence-electron chi connectivity index (χ4n) is 2.56. The summed E-state index contributed by atoms with van der Waals surface area (Å²) in [5, 5.41) is 9.35. The molecule has 2 aromatic rings. The monoisotopic (exact) mass is 340 g/mol. The minimum atomic E-state index is 0.213. The number of rotatable bonds is 1. The van der Waals surface area contributed by atoms with Gasteiger partial charge in [-0.1, -0.05) is 23.2 Å². The molecule has 110 valence electrons. The van der Waals surface area contributed by atoms with Gasteiger partial charge in [-0.2, -0.15) is 9.78 Å². The summed E-state index contributed by atoms with van der Waals surface area (Å²) in [6.45, 7) is 0.879. The summed E-state index contributed by atoms with van der Waals surface area (Å²) in [4.78, 5) is 0. The molecule has 1 aliphatic heterocycles. The first-order valence-corrected chi connectivity index (χ1v) is 7.85. The molecule has 0 spiro atoms. The zero-order chi connectivity index (χ0) is 15.0. The lowest BCUT2D eigenvalue weighted by Gasteiger charge is -2.06. The van der Waals surface area contributed by atoms with Crippen molar-refractivity contribution in [1.29, 1.82) is 0 Å². The Morgan fingerprint density at radius 3 is 2.90 bits per heavy atom. The fraction of sp³-hybridized carbons (Fsp3) is 0.286. The molecule has 0 fully saturated rings. The molecule has 0 saturated carbocycles. The maximum atomic E-state index is 6.31. The van der Waals surface area contributed by atoms with Gasteiger partial charge in [0.1, 0.15) is 5.82 Å². The number of anilines is 1. The van der Waals surface area contributed by atoms with Gasteiger partial charge in [-0.3, -0.25) is 0 Å². The van der Waals surface area contributed by atoms with E-state index in [1.807, 2.05) is 6.07 Å². The Bertz CT molecular complexity index is 711. The lowest BCUT2D eigenvalue weighted by atomic mass is 10.0. The molecule has 0 amide bonds. The smallest absolute Gasteiger partial charge is 0.193 e. The summed E-state index contributed by atoms with van der Waals surface area (Å²) in [7, 11) is 0. The van der Waals surface area contributed by atoms with Crippen LogP contribution in [0.15, 0.2) is 18.2 Å². The number of aromatic nitrogens is 2. The largest absolute Gasteiger partial charge is 0.374 e. The number of benzene rings is 1. The van der Waals surface area contributed by atoms with Crippen LogP contribution in [0.1, 0.15) is 18.4 Å². The predicted octanol–water partition coefficient (Wildman–Crippen LogP) is 3.70. The molecular weight excluding hydrogens is 327 g/mol. The molecule has 3 N–H and O–H groups in total. The first kappa shape index (κ1) is 14.6. The maximum absolute atomic E-state index is 6.31. The van der Waals surface area contributed by atoms with Crippen molar-refractivity contribution in [2.75, 3.05) is 11.9 Å². The zero-order valence-corrected chi connectivity index (χ0v) is 13.5. The van der Waals surface area contributed by atoms with Crippen LogP contribution in [0.3, 0.4) is 0 Å². The SMILES string of the molecule is NC(=S)n1nc(-c2cc(Cl)ccc2Cl)c2c1NCCCC2. The van der Waals surface area contributed by atoms with E-state index < -0.39 is 0 Å². The summed E-state index contributed by atoms with van der Waals surface area (Å²) >= 11 is 17.5. The lowest BCUT2D eigenvalue weighted by Crippen LogP contribution is -2.22. The van der Waals surface area contributed by atoms with Crippen molar-refractivity contribution in [2.45, 2.75) is 19.3 Å². The fourth-order valence-corrected chi connectivity index (χ4v) is 3.07. The normalized spacial score (nSPS) is 14.2. The van der Waals surface area contributed by atoms with Crippen LogP contribution in [0.5, 0.6) is 0 Å². The van der Waals surface area contributed by atoms with Crippen molar-refractivity contribution in [3.05, 3.63) is 33.8 Å². The molecule has 0 atom stereocenters. The molecule has 0 bridgehead atoms. The number of nitrogens with zero attached hydrogens (tertiary/aromatic N) is 2. The molecule has 0 radical (unpaired) electrons. The number of fused-ring (bicyclic) bond motifs is 1. The van der Waals surface area contributed by atoms with Crippen molar-refractivity contribution in [3.63, 3.8) is 0 Å². The molecule has 1 aliphatic rings. The van der Waals surface area contributed by atoms with E-state index in [9.17, 15) is 0 Å². The minimum absolute atomic E-state index is 0.213. The first-order chi connectivity index (χ1) is 10.1. The van der Waals surface area contributed by atoms with Gasteiger partial charge in [-0.05, 0) is 49.7 Å². The summed E-state index contributed by atoms with van der Waals surface area (Å²) in [5.41, 5.74) is 8.46. The summed E-state index contributed by atoms with van der Waals surface area (Å²) in [6.07, 6.45) is 3.08. The number of nitrogens with two attached hydrogens (primary N) is 1. The second-order valence-corrected chi connectivity index (χ2v) is 6.20. The van der Waals surface area contributed by atoms with Crippen LogP contribution in [0.4, 0.5) is 5.82 Å². The van der Waals surface area contributed by atoms with Crippen molar-refractivity contribution in [2.24, 2.45) is 5.73 Å². The lowest BCUT2D eigenvalue weighted by molar-refractivity contribution is 0.782. The molecule has 1 aromatic carbocycles. The average Bonchev–Trinajstić information content (AvgIpc) is 2.64.